The monoisotopic (exact) mass is 492 g/mol. The number of hydrogen-bond acceptors (Lipinski definition) is 7. The number of carbonyl (C=O) groups excluding carboxylic acids is 2. The SMILES string of the molecule is CNC(=O)C(C)N(Cc1ccc(OC)cc1)C(=O)CN(c1cc([N+](=O)[O-])ccc1C)S(C)(=O)=O. The predicted molar refractivity (Wildman–Crippen MR) is 127 cm³/mol. The lowest BCUT2D eigenvalue weighted by atomic mass is 10.1. The normalized spacial score (nSPS) is 11.9. The summed E-state index contributed by atoms with van der Waals surface area (Å²) in [5, 5.41) is 13.7. The summed E-state index contributed by atoms with van der Waals surface area (Å²) in [6.07, 6.45) is 0.911. The van der Waals surface area contributed by atoms with Crippen LogP contribution in [0.15, 0.2) is 42.5 Å². The number of likely N-dealkylation sites (N-methyl/N-ethyl adjacent to an activating group) is 1. The molecule has 2 rings (SSSR count). The molecule has 0 aliphatic rings. The van der Waals surface area contributed by atoms with Crippen LogP contribution >= 0.6 is 0 Å². The van der Waals surface area contributed by atoms with Crippen LogP contribution in [0.25, 0.3) is 0 Å². The summed E-state index contributed by atoms with van der Waals surface area (Å²) >= 11 is 0. The van der Waals surface area contributed by atoms with E-state index in [0.29, 0.717) is 16.9 Å². The Morgan fingerprint density at radius 3 is 2.29 bits per heavy atom. The van der Waals surface area contributed by atoms with Crippen LogP contribution in [0.5, 0.6) is 5.75 Å². The van der Waals surface area contributed by atoms with Gasteiger partial charge in [0.15, 0.2) is 0 Å². The van der Waals surface area contributed by atoms with E-state index in [9.17, 15) is 28.1 Å². The highest BCUT2D eigenvalue weighted by atomic mass is 32.2. The van der Waals surface area contributed by atoms with Crippen molar-refractivity contribution < 1.29 is 27.7 Å². The summed E-state index contributed by atoms with van der Waals surface area (Å²) in [5.74, 6) is -0.465. The molecule has 0 spiro atoms. The van der Waals surface area contributed by atoms with E-state index < -0.39 is 39.3 Å². The molecule has 0 bridgehead atoms. The first kappa shape index (κ1) is 26.6. The Morgan fingerprint density at radius 1 is 1.18 bits per heavy atom. The molecule has 0 heterocycles. The minimum atomic E-state index is -4.00. The lowest BCUT2D eigenvalue weighted by Crippen LogP contribution is -2.50. The Balaban J connectivity index is 2.46. The summed E-state index contributed by atoms with van der Waals surface area (Å²) in [6, 6.07) is 9.74. The van der Waals surface area contributed by atoms with Gasteiger partial charge in [0.05, 0.1) is 24.0 Å². The Kier molecular flexibility index (Phi) is 8.57. The standard InChI is InChI=1S/C22H28N4O7S/c1-15-6-9-18(26(29)30)12-20(15)25(34(5,31)32)14-21(27)24(16(2)22(28)23-3)13-17-7-10-19(33-4)11-8-17/h6-12,16H,13-14H2,1-5H3,(H,23,28). The summed E-state index contributed by atoms with van der Waals surface area (Å²) in [4.78, 5) is 37.6. The topological polar surface area (TPSA) is 139 Å². The van der Waals surface area contributed by atoms with E-state index in [-0.39, 0.29) is 17.9 Å². The highest BCUT2D eigenvalue weighted by Gasteiger charge is 2.30. The number of methoxy groups -OCH3 is 1. The molecule has 11 nitrogen and oxygen atoms in total. The molecule has 1 unspecified atom stereocenters. The van der Waals surface area contributed by atoms with Gasteiger partial charge in [0, 0.05) is 25.7 Å². The predicted octanol–water partition coefficient (Wildman–Crippen LogP) is 1.84. The fourth-order valence-corrected chi connectivity index (χ4v) is 4.19. The molecular weight excluding hydrogens is 464 g/mol. The average Bonchev–Trinajstić information content (AvgIpc) is 2.79. The van der Waals surface area contributed by atoms with Gasteiger partial charge in [-0.1, -0.05) is 18.2 Å². The zero-order valence-corrected chi connectivity index (χ0v) is 20.5. The molecule has 2 amide bonds. The van der Waals surface area contributed by atoms with Gasteiger partial charge in [-0.3, -0.25) is 24.0 Å². The van der Waals surface area contributed by atoms with Crippen LogP contribution in [0.3, 0.4) is 0 Å². The molecule has 1 atom stereocenters. The molecule has 0 aliphatic heterocycles. The second-order valence-electron chi connectivity index (χ2n) is 7.66. The lowest BCUT2D eigenvalue weighted by molar-refractivity contribution is -0.384. The lowest BCUT2D eigenvalue weighted by Gasteiger charge is -2.31. The second kappa shape index (κ2) is 11.0. The second-order valence-corrected chi connectivity index (χ2v) is 9.56. The number of non-ortho nitro benzene ring substituents is 1. The van der Waals surface area contributed by atoms with E-state index in [0.717, 1.165) is 16.6 Å². The molecule has 0 aliphatic carbocycles. The van der Waals surface area contributed by atoms with E-state index in [1.165, 1.54) is 38.1 Å². The number of nitro groups is 1. The number of hydrogen-bond donors (Lipinski definition) is 1. The van der Waals surface area contributed by atoms with Gasteiger partial charge in [0.2, 0.25) is 21.8 Å². The molecule has 0 saturated heterocycles. The number of benzene rings is 2. The van der Waals surface area contributed by atoms with Crippen molar-refractivity contribution in [1.82, 2.24) is 10.2 Å². The zero-order chi connectivity index (χ0) is 25.6. The molecule has 0 saturated carbocycles. The van der Waals surface area contributed by atoms with Crippen LogP contribution in [-0.2, 0) is 26.2 Å². The third-order valence-electron chi connectivity index (χ3n) is 5.28. The van der Waals surface area contributed by atoms with Crippen molar-refractivity contribution in [3.05, 3.63) is 63.7 Å². The third kappa shape index (κ3) is 6.44. The third-order valence-corrected chi connectivity index (χ3v) is 6.40. The number of anilines is 1. The largest absolute Gasteiger partial charge is 0.497 e. The van der Waals surface area contributed by atoms with Crippen molar-refractivity contribution in [2.24, 2.45) is 0 Å². The highest BCUT2D eigenvalue weighted by Crippen LogP contribution is 2.28. The molecule has 0 fully saturated rings. The number of ether oxygens (including phenoxy) is 1. The smallest absolute Gasteiger partial charge is 0.271 e. The number of carbonyl (C=O) groups is 2. The van der Waals surface area contributed by atoms with Crippen molar-refractivity contribution >= 4 is 33.2 Å². The summed E-state index contributed by atoms with van der Waals surface area (Å²) < 4.78 is 31.2. The van der Waals surface area contributed by atoms with E-state index in [1.54, 1.807) is 31.2 Å². The maximum atomic E-state index is 13.4. The van der Waals surface area contributed by atoms with E-state index in [4.69, 9.17) is 4.74 Å². The Hall–Kier alpha value is -3.67. The van der Waals surface area contributed by atoms with Crippen molar-refractivity contribution in [3.63, 3.8) is 0 Å². The zero-order valence-electron chi connectivity index (χ0n) is 19.6. The average molecular weight is 493 g/mol. The van der Waals surface area contributed by atoms with Gasteiger partial charge in [-0.05, 0) is 37.1 Å². The van der Waals surface area contributed by atoms with Crippen LogP contribution in [0.1, 0.15) is 18.1 Å². The number of nitrogens with one attached hydrogen (secondary N) is 1. The first-order chi connectivity index (χ1) is 15.9. The number of nitro benzene ring substituents is 1. The minimum Gasteiger partial charge on any atom is -0.497 e. The van der Waals surface area contributed by atoms with Crippen LogP contribution in [-0.4, -0.2) is 63.1 Å². The molecular formula is C22H28N4O7S. The Labute approximate surface area is 198 Å². The number of amides is 2. The first-order valence-corrected chi connectivity index (χ1v) is 12.1. The van der Waals surface area contributed by atoms with Gasteiger partial charge in [-0.2, -0.15) is 0 Å². The highest BCUT2D eigenvalue weighted by molar-refractivity contribution is 7.92. The van der Waals surface area contributed by atoms with Gasteiger partial charge in [-0.25, -0.2) is 8.42 Å². The number of nitrogens with zero attached hydrogens (tertiary/aromatic N) is 3. The molecule has 2 aromatic carbocycles. The van der Waals surface area contributed by atoms with E-state index in [1.807, 2.05) is 0 Å². The van der Waals surface area contributed by atoms with Gasteiger partial charge in [-0.15, -0.1) is 0 Å². The molecule has 34 heavy (non-hydrogen) atoms. The summed E-state index contributed by atoms with van der Waals surface area (Å²) in [7, 11) is -1.04. The van der Waals surface area contributed by atoms with Crippen molar-refractivity contribution in [3.8, 4) is 5.75 Å². The van der Waals surface area contributed by atoms with Gasteiger partial charge >= 0.3 is 0 Å². The molecule has 184 valence electrons. The van der Waals surface area contributed by atoms with Gasteiger partial charge in [0.1, 0.15) is 18.3 Å². The Morgan fingerprint density at radius 2 is 1.79 bits per heavy atom. The van der Waals surface area contributed by atoms with Crippen LogP contribution in [0.4, 0.5) is 11.4 Å². The van der Waals surface area contributed by atoms with Crippen LogP contribution < -0.4 is 14.4 Å². The maximum absolute atomic E-state index is 13.4. The quantitative estimate of drug-likeness (QED) is 0.394. The van der Waals surface area contributed by atoms with Gasteiger partial charge in [0.25, 0.3) is 5.69 Å². The van der Waals surface area contributed by atoms with Crippen LogP contribution in [0, 0.1) is 17.0 Å². The number of aryl methyl sites for hydroxylation is 1. The Bertz CT molecular complexity index is 1170. The first-order valence-electron chi connectivity index (χ1n) is 10.3. The molecule has 2 aromatic rings. The maximum Gasteiger partial charge on any atom is 0.271 e. The number of rotatable bonds is 10. The summed E-state index contributed by atoms with van der Waals surface area (Å²) in [5.41, 5.74) is 0.838. The van der Waals surface area contributed by atoms with Crippen molar-refractivity contribution in [2.75, 3.05) is 31.3 Å². The molecule has 12 heteroatoms. The number of sulfonamides is 1. The summed E-state index contributed by atoms with van der Waals surface area (Å²) in [6.45, 7) is 2.51. The van der Waals surface area contributed by atoms with Crippen LogP contribution in [0.2, 0.25) is 0 Å². The molecule has 0 aromatic heterocycles. The molecule has 1 N–H and O–H groups in total. The van der Waals surface area contributed by atoms with E-state index in [2.05, 4.69) is 5.32 Å². The van der Waals surface area contributed by atoms with Gasteiger partial charge < -0.3 is 15.0 Å². The molecule has 0 radical (unpaired) electrons. The van der Waals surface area contributed by atoms with Crippen molar-refractivity contribution in [1.29, 1.82) is 0 Å². The van der Waals surface area contributed by atoms with Crippen molar-refractivity contribution in [2.45, 2.75) is 26.4 Å². The fraction of sp³-hybridized carbons (Fsp3) is 0.364. The fourth-order valence-electron chi connectivity index (χ4n) is 3.29. The van der Waals surface area contributed by atoms with E-state index >= 15 is 0 Å². The minimum absolute atomic E-state index is 0.0158.